The second-order valence-corrected chi connectivity index (χ2v) is 5.17. The molecular formula is C14H17N3O7. The van der Waals surface area contributed by atoms with Gasteiger partial charge in [0.25, 0.3) is 17.3 Å². The maximum Gasteiger partial charge on any atom is 0.307 e. The number of methoxy groups -OCH3 is 1. The number of ether oxygens (including phenoxy) is 1. The van der Waals surface area contributed by atoms with Gasteiger partial charge >= 0.3 is 5.97 Å². The first kappa shape index (κ1) is 19.0. The van der Waals surface area contributed by atoms with Crippen LogP contribution < -0.4 is 0 Å². The molecule has 24 heavy (non-hydrogen) atoms. The Hall–Kier alpha value is -3.04. The molecule has 0 spiro atoms. The molecule has 0 aliphatic rings. The monoisotopic (exact) mass is 339 g/mol. The van der Waals surface area contributed by atoms with Crippen molar-refractivity contribution in [3.63, 3.8) is 0 Å². The van der Waals surface area contributed by atoms with Crippen LogP contribution in [-0.2, 0) is 9.53 Å². The third-order valence-electron chi connectivity index (χ3n) is 3.24. The van der Waals surface area contributed by atoms with Crippen molar-refractivity contribution in [2.24, 2.45) is 0 Å². The fourth-order valence-electron chi connectivity index (χ4n) is 2.00. The Bertz CT molecular complexity index is 640. The highest BCUT2D eigenvalue weighted by Gasteiger charge is 2.25. The van der Waals surface area contributed by atoms with Crippen LogP contribution in [0.4, 0.5) is 11.4 Å². The summed E-state index contributed by atoms with van der Waals surface area (Å²) in [5, 5.41) is 21.8. The van der Waals surface area contributed by atoms with Crippen LogP contribution in [-0.4, -0.2) is 46.3 Å². The van der Waals surface area contributed by atoms with E-state index in [9.17, 15) is 29.8 Å². The molecule has 0 N–H and O–H groups in total. The van der Waals surface area contributed by atoms with Gasteiger partial charge in [-0.05, 0) is 13.8 Å². The molecule has 0 aromatic heterocycles. The molecule has 0 aliphatic heterocycles. The highest BCUT2D eigenvalue weighted by molar-refractivity contribution is 5.96. The summed E-state index contributed by atoms with van der Waals surface area (Å²) in [6.07, 6.45) is -0.0581. The van der Waals surface area contributed by atoms with Gasteiger partial charge in [-0.25, -0.2) is 0 Å². The van der Waals surface area contributed by atoms with Gasteiger partial charge in [0.1, 0.15) is 0 Å². The fourth-order valence-corrected chi connectivity index (χ4v) is 2.00. The van der Waals surface area contributed by atoms with Crippen LogP contribution in [0.15, 0.2) is 18.2 Å². The number of nitro groups is 2. The maximum atomic E-state index is 12.6. The molecule has 0 radical (unpaired) electrons. The van der Waals surface area contributed by atoms with Crippen molar-refractivity contribution in [3.8, 4) is 0 Å². The normalized spacial score (nSPS) is 10.3. The van der Waals surface area contributed by atoms with E-state index in [4.69, 9.17) is 0 Å². The van der Waals surface area contributed by atoms with Gasteiger partial charge in [-0.2, -0.15) is 0 Å². The van der Waals surface area contributed by atoms with Gasteiger partial charge in [0.15, 0.2) is 0 Å². The van der Waals surface area contributed by atoms with Crippen molar-refractivity contribution in [2.45, 2.75) is 26.3 Å². The molecule has 0 saturated carbocycles. The Kier molecular flexibility index (Phi) is 6.33. The number of carbonyl (C=O) groups excluding carboxylic acids is 2. The van der Waals surface area contributed by atoms with E-state index >= 15 is 0 Å². The molecule has 10 heteroatoms. The largest absolute Gasteiger partial charge is 0.469 e. The number of hydrogen-bond donors (Lipinski definition) is 0. The Morgan fingerprint density at radius 3 is 2.00 bits per heavy atom. The zero-order valence-corrected chi connectivity index (χ0v) is 13.4. The zero-order chi connectivity index (χ0) is 18.4. The highest BCUT2D eigenvalue weighted by atomic mass is 16.6. The van der Waals surface area contributed by atoms with E-state index in [0.717, 1.165) is 18.2 Å². The molecule has 1 aromatic carbocycles. The van der Waals surface area contributed by atoms with Crippen molar-refractivity contribution < 1.29 is 24.2 Å². The van der Waals surface area contributed by atoms with E-state index in [1.165, 1.54) is 12.0 Å². The second-order valence-electron chi connectivity index (χ2n) is 5.17. The second kappa shape index (κ2) is 7.99. The van der Waals surface area contributed by atoms with E-state index in [1.54, 1.807) is 13.8 Å². The first-order chi connectivity index (χ1) is 11.2. The third-order valence-corrected chi connectivity index (χ3v) is 3.24. The molecule has 10 nitrogen and oxygen atoms in total. The van der Waals surface area contributed by atoms with E-state index in [1.807, 2.05) is 0 Å². The number of nitrogens with zero attached hydrogens (tertiary/aromatic N) is 3. The predicted octanol–water partition coefficient (Wildman–Crippen LogP) is 1.92. The first-order valence-corrected chi connectivity index (χ1v) is 6.99. The highest BCUT2D eigenvalue weighted by Crippen LogP contribution is 2.24. The quantitative estimate of drug-likeness (QED) is 0.421. The Labute approximate surface area is 137 Å². The van der Waals surface area contributed by atoms with Crippen LogP contribution >= 0.6 is 0 Å². The van der Waals surface area contributed by atoms with E-state index < -0.39 is 33.1 Å². The molecule has 0 saturated heterocycles. The first-order valence-electron chi connectivity index (χ1n) is 6.99. The molecule has 0 fully saturated rings. The molecule has 0 heterocycles. The molecule has 0 bridgehead atoms. The number of nitro benzene ring substituents is 2. The molecular weight excluding hydrogens is 322 g/mol. The molecule has 1 aromatic rings. The van der Waals surface area contributed by atoms with Gasteiger partial charge in [0, 0.05) is 24.7 Å². The summed E-state index contributed by atoms with van der Waals surface area (Å²) in [7, 11) is 1.22. The van der Waals surface area contributed by atoms with Crippen molar-refractivity contribution in [2.75, 3.05) is 13.7 Å². The summed E-state index contributed by atoms with van der Waals surface area (Å²) in [5.74, 6) is -1.15. The van der Waals surface area contributed by atoms with Crippen molar-refractivity contribution in [1.82, 2.24) is 4.90 Å². The Morgan fingerprint density at radius 1 is 1.12 bits per heavy atom. The lowest BCUT2D eigenvalue weighted by Gasteiger charge is -2.26. The van der Waals surface area contributed by atoms with Crippen LogP contribution in [0.25, 0.3) is 0 Å². The summed E-state index contributed by atoms with van der Waals surface area (Å²) in [4.78, 5) is 45.3. The summed E-state index contributed by atoms with van der Waals surface area (Å²) in [6.45, 7) is 3.42. The van der Waals surface area contributed by atoms with E-state index in [-0.39, 0.29) is 24.6 Å². The molecule has 1 rings (SSSR count). The molecule has 0 unspecified atom stereocenters. The average Bonchev–Trinajstić information content (AvgIpc) is 2.53. The third kappa shape index (κ3) is 4.73. The Balaban J connectivity index is 3.20. The molecule has 0 atom stereocenters. The topological polar surface area (TPSA) is 133 Å². The fraction of sp³-hybridized carbons (Fsp3) is 0.429. The Morgan fingerprint density at radius 2 is 1.62 bits per heavy atom. The minimum atomic E-state index is -0.808. The maximum absolute atomic E-state index is 12.6. The number of non-ortho nitro benzene ring substituents is 2. The predicted molar refractivity (Wildman–Crippen MR) is 82.6 cm³/mol. The SMILES string of the molecule is COC(=O)CCN(C(=O)c1cc([N+](=O)[O-])cc([N+](=O)[O-])c1)C(C)C. The lowest BCUT2D eigenvalue weighted by Crippen LogP contribution is -2.38. The summed E-state index contributed by atoms with van der Waals surface area (Å²) < 4.78 is 4.51. The van der Waals surface area contributed by atoms with Crippen LogP contribution in [0.3, 0.4) is 0 Å². The molecule has 0 aliphatic carbocycles. The molecule has 1 amide bonds. The lowest BCUT2D eigenvalue weighted by molar-refractivity contribution is -0.394. The smallest absolute Gasteiger partial charge is 0.307 e. The number of hydrogen-bond acceptors (Lipinski definition) is 7. The number of benzene rings is 1. The molecule has 130 valence electrons. The van der Waals surface area contributed by atoms with Crippen molar-refractivity contribution in [1.29, 1.82) is 0 Å². The number of esters is 1. The van der Waals surface area contributed by atoms with Gasteiger partial charge in [-0.3, -0.25) is 29.8 Å². The minimum absolute atomic E-state index is 0.0274. The average molecular weight is 339 g/mol. The van der Waals surface area contributed by atoms with Crippen molar-refractivity contribution >= 4 is 23.3 Å². The van der Waals surface area contributed by atoms with Crippen molar-refractivity contribution in [3.05, 3.63) is 44.0 Å². The number of amides is 1. The van der Waals surface area contributed by atoms with Gasteiger partial charge in [-0.15, -0.1) is 0 Å². The van der Waals surface area contributed by atoms with E-state index in [2.05, 4.69) is 4.74 Å². The van der Waals surface area contributed by atoms with Gasteiger partial charge in [0.2, 0.25) is 0 Å². The number of rotatable bonds is 7. The van der Waals surface area contributed by atoms with Gasteiger partial charge in [-0.1, -0.05) is 0 Å². The minimum Gasteiger partial charge on any atom is -0.469 e. The van der Waals surface area contributed by atoms with Gasteiger partial charge in [0.05, 0.1) is 35.0 Å². The number of carbonyl (C=O) groups is 2. The van der Waals surface area contributed by atoms with E-state index in [0.29, 0.717) is 0 Å². The van der Waals surface area contributed by atoms with Crippen LogP contribution in [0.5, 0.6) is 0 Å². The van der Waals surface area contributed by atoms with Crippen LogP contribution in [0.2, 0.25) is 0 Å². The summed E-state index contributed by atoms with van der Waals surface area (Å²) >= 11 is 0. The summed E-state index contributed by atoms with van der Waals surface area (Å²) in [6, 6.07) is 2.41. The lowest BCUT2D eigenvalue weighted by atomic mass is 10.1. The van der Waals surface area contributed by atoms with Gasteiger partial charge < -0.3 is 9.64 Å². The standard InChI is InChI=1S/C14H17N3O7/c1-9(2)15(5-4-13(18)24-3)14(19)10-6-11(16(20)21)8-12(7-10)17(22)23/h6-9H,4-5H2,1-3H3. The van der Waals surface area contributed by atoms with Crippen LogP contribution in [0.1, 0.15) is 30.6 Å². The summed E-state index contributed by atoms with van der Waals surface area (Å²) in [5.41, 5.74) is -1.29. The van der Waals surface area contributed by atoms with Crippen LogP contribution in [0, 0.1) is 20.2 Å². The zero-order valence-electron chi connectivity index (χ0n) is 13.4.